The normalized spacial score (nSPS) is 16.8. The molecule has 8 nitrogen and oxygen atoms in total. The van der Waals surface area contributed by atoms with E-state index in [1.54, 1.807) is 6.92 Å². The first kappa shape index (κ1) is 16.9. The van der Waals surface area contributed by atoms with E-state index in [0.717, 1.165) is 12.8 Å². The fraction of sp³-hybridized carbons (Fsp3) is 0.467. The standard InChI is InChI=1S/C15H19N3O5/c1-10-4-5-11(7-13(10)18(21)22)15(20)17-9-14(19)16-8-12-3-2-6-23-12/h4-5,7,12H,2-3,6,8-9H2,1H3,(H,16,19)(H,17,20). The number of benzene rings is 1. The summed E-state index contributed by atoms with van der Waals surface area (Å²) in [5, 5.41) is 16.0. The zero-order valence-corrected chi connectivity index (χ0v) is 12.8. The molecule has 2 N–H and O–H groups in total. The van der Waals surface area contributed by atoms with Gasteiger partial charge in [-0.05, 0) is 25.8 Å². The first-order valence-electron chi connectivity index (χ1n) is 7.39. The molecular formula is C15H19N3O5. The number of carbonyl (C=O) groups excluding carboxylic acids is 2. The van der Waals surface area contributed by atoms with Crippen LogP contribution in [-0.4, -0.2) is 42.5 Å². The number of nitrogens with one attached hydrogen (secondary N) is 2. The Morgan fingerprint density at radius 2 is 2.17 bits per heavy atom. The van der Waals surface area contributed by atoms with Crippen LogP contribution in [0.4, 0.5) is 5.69 Å². The van der Waals surface area contributed by atoms with Crippen molar-refractivity contribution in [3.8, 4) is 0 Å². The summed E-state index contributed by atoms with van der Waals surface area (Å²) in [6, 6.07) is 4.20. The molecule has 1 unspecified atom stereocenters. The second-order valence-electron chi connectivity index (χ2n) is 5.38. The fourth-order valence-corrected chi connectivity index (χ4v) is 2.31. The molecule has 1 aliphatic rings. The van der Waals surface area contributed by atoms with Crippen molar-refractivity contribution in [2.45, 2.75) is 25.9 Å². The third-order valence-electron chi connectivity index (χ3n) is 3.63. The Morgan fingerprint density at radius 1 is 1.39 bits per heavy atom. The van der Waals surface area contributed by atoms with Crippen LogP contribution in [0, 0.1) is 17.0 Å². The van der Waals surface area contributed by atoms with Crippen LogP contribution in [0.2, 0.25) is 0 Å². The molecule has 2 rings (SSSR count). The maximum Gasteiger partial charge on any atom is 0.273 e. The molecule has 1 aromatic rings. The average Bonchev–Trinajstić information content (AvgIpc) is 3.04. The highest BCUT2D eigenvalue weighted by Gasteiger charge is 2.17. The highest BCUT2D eigenvalue weighted by molar-refractivity contribution is 5.97. The van der Waals surface area contributed by atoms with Crippen LogP contribution in [0.3, 0.4) is 0 Å². The van der Waals surface area contributed by atoms with Gasteiger partial charge in [0.2, 0.25) is 5.91 Å². The average molecular weight is 321 g/mol. The topological polar surface area (TPSA) is 111 Å². The summed E-state index contributed by atoms with van der Waals surface area (Å²) in [6.45, 7) is 2.54. The van der Waals surface area contributed by atoms with Gasteiger partial charge < -0.3 is 15.4 Å². The Balaban J connectivity index is 1.83. The number of nitro benzene ring substituents is 1. The minimum Gasteiger partial charge on any atom is -0.376 e. The third-order valence-corrected chi connectivity index (χ3v) is 3.63. The van der Waals surface area contributed by atoms with Gasteiger partial charge in [-0.1, -0.05) is 6.07 Å². The Bertz CT molecular complexity index is 611. The van der Waals surface area contributed by atoms with E-state index in [1.165, 1.54) is 18.2 Å². The van der Waals surface area contributed by atoms with Crippen molar-refractivity contribution in [2.24, 2.45) is 0 Å². The molecule has 0 aromatic heterocycles. The van der Waals surface area contributed by atoms with Crippen molar-refractivity contribution in [3.63, 3.8) is 0 Å². The quantitative estimate of drug-likeness (QED) is 0.598. The molecule has 0 saturated carbocycles. The highest BCUT2D eigenvalue weighted by Crippen LogP contribution is 2.19. The van der Waals surface area contributed by atoms with Crippen LogP contribution in [-0.2, 0) is 9.53 Å². The SMILES string of the molecule is Cc1ccc(C(=O)NCC(=O)NCC2CCCO2)cc1[N+](=O)[O-]. The van der Waals surface area contributed by atoms with Gasteiger partial charge in [0, 0.05) is 30.3 Å². The van der Waals surface area contributed by atoms with Gasteiger partial charge in [0.05, 0.1) is 17.6 Å². The lowest BCUT2D eigenvalue weighted by Crippen LogP contribution is -2.39. The molecule has 0 bridgehead atoms. The number of hydrogen-bond acceptors (Lipinski definition) is 5. The summed E-state index contributed by atoms with van der Waals surface area (Å²) < 4.78 is 5.38. The molecule has 0 aliphatic carbocycles. The van der Waals surface area contributed by atoms with Gasteiger partial charge in [-0.25, -0.2) is 0 Å². The minimum absolute atomic E-state index is 0.0365. The first-order chi connectivity index (χ1) is 11.0. The van der Waals surface area contributed by atoms with E-state index in [0.29, 0.717) is 18.7 Å². The second-order valence-corrected chi connectivity index (χ2v) is 5.38. The summed E-state index contributed by atoms with van der Waals surface area (Å²) in [5.74, 6) is -0.851. The smallest absolute Gasteiger partial charge is 0.273 e. The monoisotopic (exact) mass is 321 g/mol. The number of hydrogen-bond donors (Lipinski definition) is 2. The zero-order chi connectivity index (χ0) is 16.8. The van der Waals surface area contributed by atoms with Gasteiger partial charge in [0.15, 0.2) is 0 Å². The van der Waals surface area contributed by atoms with E-state index in [2.05, 4.69) is 10.6 Å². The maximum absolute atomic E-state index is 12.0. The summed E-state index contributed by atoms with van der Waals surface area (Å²) >= 11 is 0. The van der Waals surface area contributed by atoms with E-state index >= 15 is 0 Å². The molecule has 0 radical (unpaired) electrons. The predicted octanol–water partition coefficient (Wildman–Crippen LogP) is 0.928. The zero-order valence-electron chi connectivity index (χ0n) is 12.8. The summed E-state index contributed by atoms with van der Waals surface area (Å²) in [6.07, 6.45) is 1.94. The first-order valence-corrected chi connectivity index (χ1v) is 7.39. The van der Waals surface area contributed by atoms with Gasteiger partial charge in [-0.3, -0.25) is 19.7 Å². The van der Waals surface area contributed by atoms with Gasteiger partial charge >= 0.3 is 0 Å². The Kier molecular flexibility index (Phi) is 5.64. The Hall–Kier alpha value is -2.48. The third kappa shape index (κ3) is 4.75. The molecule has 124 valence electrons. The highest BCUT2D eigenvalue weighted by atomic mass is 16.6. The van der Waals surface area contributed by atoms with Gasteiger partial charge in [-0.15, -0.1) is 0 Å². The Morgan fingerprint density at radius 3 is 2.83 bits per heavy atom. The number of nitro groups is 1. The van der Waals surface area contributed by atoms with Crippen LogP contribution in [0.15, 0.2) is 18.2 Å². The lowest BCUT2D eigenvalue weighted by molar-refractivity contribution is -0.385. The molecule has 1 heterocycles. The van der Waals surface area contributed by atoms with Crippen molar-refractivity contribution < 1.29 is 19.2 Å². The molecule has 1 saturated heterocycles. The molecule has 1 fully saturated rings. The molecule has 2 amide bonds. The molecule has 8 heteroatoms. The molecule has 23 heavy (non-hydrogen) atoms. The van der Waals surface area contributed by atoms with E-state index in [1.807, 2.05) is 0 Å². The number of aryl methyl sites for hydroxylation is 1. The Labute approximate surface area is 133 Å². The lowest BCUT2D eigenvalue weighted by Gasteiger charge is -2.11. The number of nitrogens with zero attached hydrogens (tertiary/aromatic N) is 1. The van der Waals surface area contributed by atoms with Crippen molar-refractivity contribution in [1.29, 1.82) is 0 Å². The minimum atomic E-state index is -0.541. The predicted molar refractivity (Wildman–Crippen MR) is 82.2 cm³/mol. The summed E-state index contributed by atoms with van der Waals surface area (Å²) in [5.41, 5.74) is 0.496. The molecule has 1 aromatic carbocycles. The molecule has 1 aliphatic heterocycles. The number of rotatable bonds is 6. The maximum atomic E-state index is 12.0. The number of amides is 2. The molecular weight excluding hydrogens is 302 g/mol. The van der Waals surface area contributed by atoms with Crippen LogP contribution in [0.25, 0.3) is 0 Å². The number of carbonyl (C=O) groups is 2. The lowest BCUT2D eigenvalue weighted by atomic mass is 10.1. The fourth-order valence-electron chi connectivity index (χ4n) is 2.31. The summed E-state index contributed by atoms with van der Waals surface area (Å²) in [4.78, 5) is 34.0. The molecule has 1 atom stereocenters. The second kappa shape index (κ2) is 7.68. The number of ether oxygens (including phenoxy) is 1. The van der Waals surface area contributed by atoms with E-state index in [-0.39, 0.29) is 29.8 Å². The van der Waals surface area contributed by atoms with Gasteiger partial charge in [-0.2, -0.15) is 0 Å². The van der Waals surface area contributed by atoms with E-state index < -0.39 is 10.8 Å². The van der Waals surface area contributed by atoms with Crippen LogP contribution in [0.1, 0.15) is 28.8 Å². The van der Waals surface area contributed by atoms with Crippen LogP contribution >= 0.6 is 0 Å². The van der Waals surface area contributed by atoms with Gasteiger partial charge in [0.1, 0.15) is 0 Å². The summed E-state index contributed by atoms with van der Waals surface area (Å²) in [7, 11) is 0. The van der Waals surface area contributed by atoms with Crippen molar-refractivity contribution in [2.75, 3.05) is 19.7 Å². The van der Waals surface area contributed by atoms with Crippen molar-refractivity contribution >= 4 is 17.5 Å². The largest absolute Gasteiger partial charge is 0.376 e. The van der Waals surface area contributed by atoms with Crippen LogP contribution < -0.4 is 10.6 Å². The van der Waals surface area contributed by atoms with Crippen molar-refractivity contribution in [3.05, 3.63) is 39.4 Å². The van der Waals surface area contributed by atoms with Crippen LogP contribution in [0.5, 0.6) is 0 Å². The molecule has 0 spiro atoms. The van der Waals surface area contributed by atoms with E-state index in [4.69, 9.17) is 4.74 Å². The van der Waals surface area contributed by atoms with E-state index in [9.17, 15) is 19.7 Å². The van der Waals surface area contributed by atoms with Gasteiger partial charge in [0.25, 0.3) is 11.6 Å². The van der Waals surface area contributed by atoms with Crippen molar-refractivity contribution in [1.82, 2.24) is 10.6 Å².